The van der Waals surface area contributed by atoms with E-state index in [1.807, 2.05) is 24.3 Å². The maximum atomic E-state index is 12.4. The number of carbonyl (C=O) groups excluding carboxylic acids is 2. The van der Waals surface area contributed by atoms with Gasteiger partial charge in [-0.25, -0.2) is 0 Å². The number of benzene rings is 1. The fourth-order valence-electron chi connectivity index (χ4n) is 2.06. The van der Waals surface area contributed by atoms with Crippen molar-refractivity contribution >= 4 is 68.1 Å². The van der Waals surface area contributed by atoms with Crippen molar-refractivity contribution < 1.29 is 19.5 Å². The molecule has 2 amide bonds. The van der Waals surface area contributed by atoms with Gasteiger partial charge in [-0.3, -0.25) is 19.3 Å². The number of hydrogen-bond donors (Lipinski definition) is 2. The van der Waals surface area contributed by atoms with Crippen LogP contribution in [0.3, 0.4) is 0 Å². The first-order valence-electron chi connectivity index (χ1n) is 7.36. The Bertz CT molecular complexity index is 734. The van der Waals surface area contributed by atoms with Crippen LogP contribution in [0.25, 0.3) is 6.08 Å². The Morgan fingerprint density at radius 2 is 2.00 bits per heavy atom. The molecule has 0 aromatic heterocycles. The van der Waals surface area contributed by atoms with Gasteiger partial charge < -0.3 is 10.4 Å². The van der Waals surface area contributed by atoms with Gasteiger partial charge in [-0.15, -0.1) is 0 Å². The Morgan fingerprint density at radius 3 is 2.64 bits per heavy atom. The van der Waals surface area contributed by atoms with Gasteiger partial charge in [0.05, 0.1) is 4.91 Å². The standard InChI is InChI=1S/C16H15BrN2O4S2/c17-11-5-3-10(4-6-11)8-12-15(23)19(16(24)25-12)7-1-2-13(20)18-9-14(21)22/h3-6,8H,1-2,7,9H2,(H,18,20)(H,21,22)/b12-8-. The van der Waals surface area contributed by atoms with Crippen molar-refractivity contribution in [3.63, 3.8) is 0 Å². The molecule has 6 nitrogen and oxygen atoms in total. The minimum Gasteiger partial charge on any atom is -0.480 e. The van der Waals surface area contributed by atoms with E-state index in [-0.39, 0.29) is 18.2 Å². The van der Waals surface area contributed by atoms with E-state index in [1.165, 1.54) is 16.7 Å². The molecule has 2 rings (SSSR count). The number of thiocarbonyl (C=S) groups is 1. The third kappa shape index (κ3) is 5.94. The Balaban J connectivity index is 1.89. The molecule has 0 unspecified atom stereocenters. The van der Waals surface area contributed by atoms with Gasteiger partial charge in [0.25, 0.3) is 5.91 Å². The molecule has 0 aliphatic carbocycles. The number of rotatable bonds is 7. The Labute approximate surface area is 162 Å². The lowest BCUT2D eigenvalue weighted by molar-refractivity contribution is -0.137. The maximum absolute atomic E-state index is 12.4. The smallest absolute Gasteiger partial charge is 0.322 e. The molecule has 1 aromatic carbocycles. The number of hydrogen-bond acceptors (Lipinski definition) is 5. The average Bonchev–Trinajstić information content (AvgIpc) is 2.82. The van der Waals surface area contributed by atoms with Crippen LogP contribution in [0.4, 0.5) is 0 Å². The molecule has 0 saturated carbocycles. The van der Waals surface area contributed by atoms with Crippen LogP contribution in [0.15, 0.2) is 33.6 Å². The molecule has 1 aromatic rings. The molecule has 0 spiro atoms. The average molecular weight is 443 g/mol. The molecule has 0 bridgehead atoms. The Hall–Kier alpha value is -1.71. The molecule has 0 atom stereocenters. The van der Waals surface area contributed by atoms with E-state index in [1.54, 1.807) is 6.08 Å². The van der Waals surface area contributed by atoms with Gasteiger partial charge in [-0.05, 0) is 30.2 Å². The van der Waals surface area contributed by atoms with Crippen LogP contribution in [-0.2, 0) is 14.4 Å². The van der Waals surface area contributed by atoms with E-state index in [9.17, 15) is 14.4 Å². The van der Waals surface area contributed by atoms with Crippen LogP contribution >= 0.6 is 39.9 Å². The normalized spacial score (nSPS) is 15.7. The van der Waals surface area contributed by atoms with Crippen molar-refractivity contribution in [3.05, 3.63) is 39.2 Å². The van der Waals surface area contributed by atoms with Crippen LogP contribution in [0, 0.1) is 0 Å². The summed E-state index contributed by atoms with van der Waals surface area (Å²) in [7, 11) is 0. The highest BCUT2D eigenvalue weighted by atomic mass is 79.9. The highest BCUT2D eigenvalue weighted by Gasteiger charge is 2.31. The second-order valence-electron chi connectivity index (χ2n) is 5.16. The lowest BCUT2D eigenvalue weighted by Gasteiger charge is -2.13. The SMILES string of the molecule is O=C(O)CNC(=O)CCCN1C(=O)/C(=C/c2ccc(Br)cc2)SC1=S. The van der Waals surface area contributed by atoms with Crippen LogP contribution < -0.4 is 5.32 Å². The second-order valence-corrected chi connectivity index (χ2v) is 7.75. The summed E-state index contributed by atoms with van der Waals surface area (Å²) in [5.74, 6) is -1.63. The summed E-state index contributed by atoms with van der Waals surface area (Å²) >= 11 is 9.83. The van der Waals surface area contributed by atoms with Crippen molar-refractivity contribution in [1.29, 1.82) is 0 Å². The van der Waals surface area contributed by atoms with Crippen molar-refractivity contribution in [2.45, 2.75) is 12.8 Å². The van der Waals surface area contributed by atoms with Gasteiger partial charge in [0.1, 0.15) is 10.9 Å². The number of halogens is 1. The number of carbonyl (C=O) groups is 3. The summed E-state index contributed by atoms with van der Waals surface area (Å²) < 4.78 is 1.41. The van der Waals surface area contributed by atoms with E-state index >= 15 is 0 Å². The first kappa shape index (κ1) is 19.6. The van der Waals surface area contributed by atoms with Gasteiger partial charge in [-0.2, -0.15) is 0 Å². The summed E-state index contributed by atoms with van der Waals surface area (Å²) in [4.78, 5) is 36.3. The van der Waals surface area contributed by atoms with Gasteiger partial charge >= 0.3 is 5.97 Å². The first-order chi connectivity index (χ1) is 11.9. The second kappa shape index (κ2) is 9.12. The van der Waals surface area contributed by atoms with E-state index < -0.39 is 12.5 Å². The molecular formula is C16H15BrN2O4S2. The number of thioether (sulfide) groups is 1. The maximum Gasteiger partial charge on any atom is 0.322 e. The largest absolute Gasteiger partial charge is 0.480 e. The molecule has 1 heterocycles. The number of aliphatic carboxylic acids is 1. The summed E-state index contributed by atoms with van der Waals surface area (Å²) in [5.41, 5.74) is 0.900. The van der Waals surface area contributed by atoms with Gasteiger partial charge in [0.15, 0.2) is 0 Å². The minimum atomic E-state index is -1.09. The summed E-state index contributed by atoms with van der Waals surface area (Å²) in [6.45, 7) is -0.0847. The van der Waals surface area contributed by atoms with E-state index in [2.05, 4.69) is 21.2 Å². The fraction of sp³-hybridized carbons (Fsp3) is 0.250. The van der Waals surface area contributed by atoms with Crippen LogP contribution in [0.5, 0.6) is 0 Å². The van der Waals surface area contributed by atoms with Crippen molar-refractivity contribution in [1.82, 2.24) is 10.2 Å². The molecule has 132 valence electrons. The zero-order chi connectivity index (χ0) is 18.4. The molecule has 1 fully saturated rings. The van der Waals surface area contributed by atoms with Gasteiger partial charge in [0, 0.05) is 17.4 Å². The highest BCUT2D eigenvalue weighted by Crippen LogP contribution is 2.32. The van der Waals surface area contributed by atoms with Gasteiger partial charge in [-0.1, -0.05) is 52.0 Å². The van der Waals surface area contributed by atoms with E-state index in [0.717, 1.165) is 10.0 Å². The number of amides is 2. The third-order valence-electron chi connectivity index (χ3n) is 3.26. The molecular weight excluding hydrogens is 428 g/mol. The van der Waals surface area contributed by atoms with Gasteiger partial charge in [0.2, 0.25) is 5.91 Å². The zero-order valence-electron chi connectivity index (χ0n) is 13.0. The molecule has 25 heavy (non-hydrogen) atoms. The number of nitrogens with one attached hydrogen (secondary N) is 1. The van der Waals surface area contributed by atoms with E-state index in [4.69, 9.17) is 17.3 Å². The molecule has 1 saturated heterocycles. The van der Waals surface area contributed by atoms with Crippen molar-refractivity contribution in [2.75, 3.05) is 13.1 Å². The van der Waals surface area contributed by atoms with Crippen LogP contribution in [-0.4, -0.2) is 45.2 Å². The lowest BCUT2D eigenvalue weighted by Crippen LogP contribution is -2.32. The third-order valence-corrected chi connectivity index (χ3v) is 5.17. The zero-order valence-corrected chi connectivity index (χ0v) is 16.2. The monoisotopic (exact) mass is 442 g/mol. The number of nitrogens with zero attached hydrogens (tertiary/aromatic N) is 1. The lowest BCUT2D eigenvalue weighted by atomic mass is 10.2. The molecule has 0 radical (unpaired) electrons. The molecule has 2 N–H and O–H groups in total. The summed E-state index contributed by atoms with van der Waals surface area (Å²) in [5, 5.41) is 10.8. The Kier molecular flexibility index (Phi) is 7.15. The van der Waals surface area contributed by atoms with Crippen LogP contribution in [0.2, 0.25) is 0 Å². The minimum absolute atomic E-state index is 0.135. The highest BCUT2D eigenvalue weighted by molar-refractivity contribution is 9.10. The quantitative estimate of drug-likeness (QED) is 0.498. The fourth-order valence-corrected chi connectivity index (χ4v) is 3.64. The molecule has 9 heteroatoms. The number of carboxylic acid groups (broad SMARTS) is 1. The summed E-state index contributed by atoms with van der Waals surface area (Å²) in [6, 6.07) is 7.57. The topological polar surface area (TPSA) is 86.7 Å². The number of carboxylic acids is 1. The Morgan fingerprint density at radius 1 is 1.32 bits per heavy atom. The molecule has 1 aliphatic rings. The predicted molar refractivity (Wildman–Crippen MR) is 104 cm³/mol. The summed E-state index contributed by atoms with van der Waals surface area (Å²) in [6.07, 6.45) is 2.32. The first-order valence-corrected chi connectivity index (χ1v) is 9.38. The predicted octanol–water partition coefficient (Wildman–Crippen LogP) is 2.63. The van der Waals surface area contributed by atoms with Crippen LogP contribution in [0.1, 0.15) is 18.4 Å². The molecule has 1 aliphatic heterocycles. The van der Waals surface area contributed by atoms with E-state index in [0.29, 0.717) is 22.2 Å². The van der Waals surface area contributed by atoms with Crippen molar-refractivity contribution in [3.8, 4) is 0 Å². The van der Waals surface area contributed by atoms with Crippen molar-refractivity contribution in [2.24, 2.45) is 0 Å².